The Balaban J connectivity index is 2.41. The van der Waals surface area contributed by atoms with Gasteiger partial charge in [-0.2, -0.15) is 34.8 Å². The van der Waals surface area contributed by atoms with Crippen LogP contribution in [-0.4, -0.2) is 43.4 Å². The number of alkyl halides is 6. The first-order valence-corrected chi connectivity index (χ1v) is 11.5. The first-order valence-electron chi connectivity index (χ1n) is 8.56. The lowest BCUT2D eigenvalue weighted by atomic mass is 9.64. The van der Waals surface area contributed by atoms with Gasteiger partial charge in [-0.05, 0) is 37.5 Å². The molecule has 0 aromatic carbocycles. The fraction of sp³-hybridized carbons (Fsp3) is 1.00. The van der Waals surface area contributed by atoms with Gasteiger partial charge in [0.15, 0.2) is 0 Å². The summed E-state index contributed by atoms with van der Waals surface area (Å²) in [5.74, 6) is -6.97. The Labute approximate surface area is 158 Å². The minimum atomic E-state index is -7.03. The quantitative estimate of drug-likeness (QED) is 0.447. The van der Waals surface area contributed by atoms with Crippen molar-refractivity contribution in [2.45, 2.75) is 73.8 Å². The lowest BCUT2D eigenvalue weighted by molar-refractivity contribution is -0.246. The van der Waals surface area contributed by atoms with E-state index < -0.39 is 42.1 Å². The number of hydrogen-bond acceptors (Lipinski definition) is 4. The van der Waals surface area contributed by atoms with Crippen molar-refractivity contribution in [3.63, 3.8) is 0 Å². The van der Waals surface area contributed by atoms with E-state index in [1.54, 1.807) is 0 Å². The van der Waals surface area contributed by atoms with E-state index in [1.807, 2.05) is 0 Å². The number of rotatable bonds is 7. The molecule has 2 fully saturated rings. The molecule has 14 heteroatoms. The first-order chi connectivity index (χ1) is 12.4. The Morgan fingerprint density at radius 2 is 1.43 bits per heavy atom. The summed E-state index contributed by atoms with van der Waals surface area (Å²) in [6, 6.07) is 0. The van der Waals surface area contributed by atoms with E-state index in [-0.39, 0.29) is 31.1 Å². The number of halogens is 6. The Morgan fingerprint density at radius 3 is 1.82 bits per heavy atom. The van der Waals surface area contributed by atoms with Crippen molar-refractivity contribution >= 4 is 20.1 Å². The molecule has 0 spiro atoms. The Bertz CT molecular complexity index is 802. The second-order valence-corrected chi connectivity index (χ2v) is 10.8. The van der Waals surface area contributed by atoms with E-state index in [2.05, 4.69) is 0 Å². The van der Waals surface area contributed by atoms with E-state index in [9.17, 15) is 43.2 Å². The SMILES string of the molecule is CCC1(NS(=O)(=O)C(F)(F)C(F)(F)C(F)(F)S(=O)(=O)O)CC2CCCC(C2)C1. The average molecular weight is 461 g/mol. The number of hydrogen-bond donors (Lipinski definition) is 2. The summed E-state index contributed by atoms with van der Waals surface area (Å²) in [5.41, 5.74) is -1.53. The van der Waals surface area contributed by atoms with Crippen LogP contribution in [-0.2, 0) is 20.1 Å². The standard InChI is InChI=1S/C14H21F6NO5S2/c1-2-11(7-9-4-3-5-10(6-9)8-11)21-27(22,23)13(17,18)12(15,16)14(19,20)28(24,25)26/h9-10,21H,2-8H2,1H3,(H,24,25,26). The molecular weight excluding hydrogens is 440 g/mol. The molecule has 0 aromatic heterocycles. The van der Waals surface area contributed by atoms with Gasteiger partial charge in [-0.25, -0.2) is 13.1 Å². The molecule has 0 heterocycles. The summed E-state index contributed by atoms with van der Waals surface area (Å²) >= 11 is 0. The van der Waals surface area contributed by atoms with E-state index in [0.717, 1.165) is 12.8 Å². The van der Waals surface area contributed by atoms with Gasteiger partial charge >= 0.3 is 26.5 Å². The van der Waals surface area contributed by atoms with Gasteiger partial charge in [-0.3, -0.25) is 4.55 Å². The van der Waals surface area contributed by atoms with Gasteiger partial charge in [0.2, 0.25) is 0 Å². The third-order valence-corrected chi connectivity index (χ3v) is 8.21. The molecule has 0 saturated heterocycles. The molecule has 2 unspecified atom stereocenters. The van der Waals surface area contributed by atoms with Gasteiger partial charge in [-0.1, -0.05) is 26.2 Å². The molecule has 2 atom stereocenters. The Hall–Kier alpha value is -0.600. The van der Waals surface area contributed by atoms with Gasteiger partial charge in [0.05, 0.1) is 0 Å². The molecule has 28 heavy (non-hydrogen) atoms. The molecule has 0 radical (unpaired) electrons. The van der Waals surface area contributed by atoms with Crippen LogP contribution < -0.4 is 4.72 Å². The van der Waals surface area contributed by atoms with E-state index in [4.69, 9.17) is 4.55 Å². The third kappa shape index (κ3) is 3.65. The van der Waals surface area contributed by atoms with Crippen LogP contribution in [0.25, 0.3) is 0 Å². The van der Waals surface area contributed by atoms with Crippen molar-refractivity contribution in [2.75, 3.05) is 0 Å². The van der Waals surface area contributed by atoms with Gasteiger partial charge in [-0.15, -0.1) is 0 Å². The second-order valence-electron chi connectivity index (χ2n) is 7.63. The lowest BCUT2D eigenvalue weighted by Crippen LogP contribution is -2.65. The average Bonchev–Trinajstić information content (AvgIpc) is 2.52. The zero-order chi connectivity index (χ0) is 21.8. The molecule has 0 aromatic rings. The van der Waals surface area contributed by atoms with Crippen molar-refractivity contribution in [3.8, 4) is 0 Å². The number of fused-ring (bicyclic) bond motifs is 2. The molecule has 2 N–H and O–H groups in total. The first kappa shape index (κ1) is 23.7. The summed E-state index contributed by atoms with van der Waals surface area (Å²) in [5, 5.41) is -13.2. The zero-order valence-electron chi connectivity index (χ0n) is 14.8. The highest BCUT2D eigenvalue weighted by atomic mass is 32.2. The molecule has 0 aliphatic heterocycles. The van der Waals surface area contributed by atoms with E-state index >= 15 is 0 Å². The van der Waals surface area contributed by atoms with E-state index in [0.29, 0.717) is 12.8 Å². The van der Waals surface area contributed by atoms with Crippen LogP contribution >= 0.6 is 0 Å². The summed E-state index contributed by atoms with van der Waals surface area (Å²) in [7, 11) is -13.5. The molecule has 2 aliphatic carbocycles. The maximum absolute atomic E-state index is 14.1. The number of nitrogens with one attached hydrogen (secondary N) is 1. The smallest absolute Gasteiger partial charge is 0.281 e. The summed E-state index contributed by atoms with van der Waals surface area (Å²) in [4.78, 5) is 0. The highest BCUT2D eigenvalue weighted by molar-refractivity contribution is 7.91. The Morgan fingerprint density at radius 1 is 0.964 bits per heavy atom. The molecule has 2 aliphatic rings. The predicted octanol–water partition coefficient (Wildman–Crippen LogP) is 3.36. The van der Waals surface area contributed by atoms with Gasteiger partial charge in [0.1, 0.15) is 0 Å². The van der Waals surface area contributed by atoms with Gasteiger partial charge in [0, 0.05) is 5.54 Å². The van der Waals surface area contributed by atoms with Crippen molar-refractivity contribution in [1.82, 2.24) is 4.72 Å². The molecule has 166 valence electrons. The summed E-state index contributed by atoms with van der Waals surface area (Å²) in [6.07, 6.45) is 3.11. The lowest BCUT2D eigenvalue weighted by Gasteiger charge is -2.47. The molecular formula is C14H21F6NO5S2. The monoisotopic (exact) mass is 461 g/mol. The largest absolute Gasteiger partial charge is 0.439 e. The van der Waals surface area contributed by atoms with Crippen LogP contribution in [0.3, 0.4) is 0 Å². The molecule has 2 bridgehead atoms. The summed E-state index contributed by atoms with van der Waals surface area (Å²) in [6.45, 7) is 1.45. The van der Waals surface area contributed by atoms with Gasteiger partial charge in [0.25, 0.3) is 10.0 Å². The maximum atomic E-state index is 14.1. The van der Waals surface area contributed by atoms with Crippen molar-refractivity contribution in [1.29, 1.82) is 0 Å². The van der Waals surface area contributed by atoms with Crippen molar-refractivity contribution in [3.05, 3.63) is 0 Å². The normalized spacial score (nSPS) is 30.3. The zero-order valence-corrected chi connectivity index (χ0v) is 16.4. The molecule has 0 amide bonds. The number of sulfonamides is 1. The topological polar surface area (TPSA) is 101 Å². The van der Waals surface area contributed by atoms with Crippen molar-refractivity contribution < 1.29 is 47.7 Å². The van der Waals surface area contributed by atoms with E-state index in [1.165, 1.54) is 11.6 Å². The van der Waals surface area contributed by atoms with Crippen LogP contribution in [0, 0.1) is 11.8 Å². The fourth-order valence-electron chi connectivity index (χ4n) is 4.26. The van der Waals surface area contributed by atoms with Gasteiger partial charge < -0.3 is 0 Å². The van der Waals surface area contributed by atoms with Crippen LogP contribution in [0.15, 0.2) is 0 Å². The molecule has 6 nitrogen and oxygen atoms in total. The summed E-state index contributed by atoms with van der Waals surface area (Å²) < 4.78 is 137. The minimum Gasteiger partial charge on any atom is -0.281 e. The van der Waals surface area contributed by atoms with Crippen LogP contribution in [0.1, 0.15) is 51.9 Å². The maximum Gasteiger partial charge on any atom is 0.439 e. The minimum absolute atomic E-state index is 0.0245. The Kier molecular flexibility index (Phi) is 5.90. The second kappa shape index (κ2) is 6.98. The molecule has 2 rings (SSSR count). The predicted molar refractivity (Wildman–Crippen MR) is 86.1 cm³/mol. The highest BCUT2D eigenvalue weighted by Gasteiger charge is 2.82. The van der Waals surface area contributed by atoms with Crippen molar-refractivity contribution in [2.24, 2.45) is 11.8 Å². The van der Waals surface area contributed by atoms with Crippen LogP contribution in [0.5, 0.6) is 0 Å². The van der Waals surface area contributed by atoms with Crippen LogP contribution in [0.4, 0.5) is 26.3 Å². The fourth-order valence-corrected chi connectivity index (χ4v) is 6.25. The molecule has 2 saturated carbocycles. The highest BCUT2D eigenvalue weighted by Crippen LogP contribution is 2.52. The van der Waals surface area contributed by atoms with Crippen LogP contribution in [0.2, 0.25) is 0 Å². The third-order valence-electron chi connectivity index (χ3n) is 5.67.